The Morgan fingerprint density at radius 1 is 1.00 bits per heavy atom. The number of carbonyl (C=O) groups is 2. The lowest BCUT2D eigenvalue weighted by molar-refractivity contribution is -0.143. The van der Waals surface area contributed by atoms with Gasteiger partial charge in [0.1, 0.15) is 11.6 Å². The molecule has 1 unspecified atom stereocenters. The van der Waals surface area contributed by atoms with Crippen LogP contribution in [0.15, 0.2) is 24.3 Å². The van der Waals surface area contributed by atoms with Gasteiger partial charge in [-0.05, 0) is 26.3 Å². The number of nitrogens with one attached hydrogen (secondary N) is 1. The first-order valence-corrected chi connectivity index (χ1v) is 9.47. The zero-order valence-electron chi connectivity index (χ0n) is 18.5. The van der Waals surface area contributed by atoms with Crippen molar-refractivity contribution in [2.45, 2.75) is 79.4 Å². The molecule has 1 aromatic rings. The van der Waals surface area contributed by atoms with Crippen molar-refractivity contribution in [1.82, 2.24) is 5.32 Å². The van der Waals surface area contributed by atoms with E-state index in [0.29, 0.717) is 5.56 Å². The summed E-state index contributed by atoms with van der Waals surface area (Å²) >= 11 is 0. The molecule has 0 radical (unpaired) electrons. The van der Waals surface area contributed by atoms with Gasteiger partial charge in [-0.2, -0.15) is 0 Å². The summed E-state index contributed by atoms with van der Waals surface area (Å²) in [5.41, 5.74) is -0.227. The van der Waals surface area contributed by atoms with Crippen LogP contribution in [-0.2, 0) is 26.6 Å². The monoisotopic (exact) mass is 403 g/mol. The lowest BCUT2D eigenvalue weighted by atomic mass is 10.0. The summed E-state index contributed by atoms with van der Waals surface area (Å²) in [5.74, 6) is -3.58. The molecule has 1 atom stereocenters. The second-order valence-corrected chi connectivity index (χ2v) is 6.51. The molecule has 0 bridgehead atoms. The second-order valence-electron chi connectivity index (χ2n) is 6.51. The first-order chi connectivity index (χ1) is 12.9. The average molecular weight is 404 g/mol. The zero-order chi connectivity index (χ0) is 22.5. The summed E-state index contributed by atoms with van der Waals surface area (Å²) in [4.78, 5) is 23.7. The SMILES string of the molecule is CC.CC.COC(=O)C(Cc1ccc(C(C)(F)F)cc1)NC(=O)OC(C)(C)C. The lowest BCUT2D eigenvalue weighted by Gasteiger charge is -2.22. The van der Waals surface area contributed by atoms with E-state index in [9.17, 15) is 18.4 Å². The largest absolute Gasteiger partial charge is 0.467 e. The first-order valence-electron chi connectivity index (χ1n) is 9.47. The molecule has 1 rings (SSSR count). The topological polar surface area (TPSA) is 64.6 Å². The van der Waals surface area contributed by atoms with E-state index in [2.05, 4.69) is 10.1 Å². The summed E-state index contributed by atoms with van der Waals surface area (Å²) in [7, 11) is 1.20. The number of benzene rings is 1. The molecule has 0 aliphatic rings. The van der Waals surface area contributed by atoms with Crippen molar-refractivity contribution < 1.29 is 27.8 Å². The Labute approximate surface area is 167 Å². The van der Waals surface area contributed by atoms with E-state index in [1.165, 1.54) is 31.4 Å². The fraction of sp³-hybridized carbons (Fsp3) is 0.619. The first kappa shape index (κ1) is 28.0. The summed E-state index contributed by atoms with van der Waals surface area (Å²) < 4.78 is 36.2. The van der Waals surface area contributed by atoms with Gasteiger partial charge in [0.05, 0.1) is 7.11 Å². The summed E-state index contributed by atoms with van der Waals surface area (Å²) in [6.07, 6.45) is -0.656. The van der Waals surface area contributed by atoms with E-state index in [4.69, 9.17) is 4.74 Å². The number of hydrogen-bond donors (Lipinski definition) is 1. The van der Waals surface area contributed by atoms with Gasteiger partial charge in [0.25, 0.3) is 5.92 Å². The molecule has 0 aromatic heterocycles. The molecule has 0 saturated carbocycles. The van der Waals surface area contributed by atoms with Gasteiger partial charge in [-0.15, -0.1) is 0 Å². The van der Waals surface area contributed by atoms with Gasteiger partial charge in [0, 0.05) is 18.9 Å². The van der Waals surface area contributed by atoms with Gasteiger partial charge in [-0.25, -0.2) is 18.4 Å². The molecule has 0 aliphatic heterocycles. The molecule has 7 heteroatoms. The summed E-state index contributed by atoms with van der Waals surface area (Å²) in [6, 6.07) is 4.57. The van der Waals surface area contributed by atoms with Crippen LogP contribution in [0.1, 0.15) is 66.5 Å². The highest BCUT2D eigenvalue weighted by Crippen LogP contribution is 2.27. The maximum Gasteiger partial charge on any atom is 0.408 e. The minimum atomic E-state index is -2.94. The van der Waals surface area contributed by atoms with Gasteiger partial charge in [0.15, 0.2) is 0 Å². The fourth-order valence-electron chi connectivity index (χ4n) is 1.95. The van der Waals surface area contributed by atoms with Crippen molar-refractivity contribution in [2.24, 2.45) is 0 Å². The minimum absolute atomic E-state index is 0.0987. The molecular weight excluding hydrogens is 368 g/mol. The number of alkyl carbamates (subject to hydrolysis) is 1. The third-order valence-corrected chi connectivity index (χ3v) is 3.08. The minimum Gasteiger partial charge on any atom is -0.467 e. The van der Waals surface area contributed by atoms with Gasteiger partial charge >= 0.3 is 12.1 Å². The Balaban J connectivity index is 0. The molecule has 0 fully saturated rings. The molecular formula is C21H35F2NO4. The number of amides is 1. The van der Waals surface area contributed by atoms with Crippen LogP contribution in [0.4, 0.5) is 13.6 Å². The molecule has 0 heterocycles. The smallest absolute Gasteiger partial charge is 0.408 e. The van der Waals surface area contributed by atoms with Crippen molar-refractivity contribution in [3.05, 3.63) is 35.4 Å². The van der Waals surface area contributed by atoms with Crippen molar-refractivity contribution in [1.29, 1.82) is 0 Å². The normalized spacial score (nSPS) is 11.7. The maximum atomic E-state index is 13.2. The predicted molar refractivity (Wildman–Crippen MR) is 108 cm³/mol. The lowest BCUT2D eigenvalue weighted by Crippen LogP contribution is -2.45. The Morgan fingerprint density at radius 3 is 1.82 bits per heavy atom. The third kappa shape index (κ3) is 11.5. The highest BCUT2D eigenvalue weighted by atomic mass is 19.3. The van der Waals surface area contributed by atoms with Gasteiger partial charge in [-0.3, -0.25) is 0 Å². The molecule has 0 aliphatic carbocycles. The van der Waals surface area contributed by atoms with E-state index in [1.54, 1.807) is 20.8 Å². The number of carbonyl (C=O) groups excluding carboxylic acids is 2. The van der Waals surface area contributed by atoms with Crippen LogP contribution in [0.25, 0.3) is 0 Å². The summed E-state index contributed by atoms with van der Waals surface area (Å²) in [5, 5.41) is 2.43. The Bertz CT molecular complexity index is 576. The number of halogens is 2. The zero-order valence-corrected chi connectivity index (χ0v) is 18.5. The van der Waals surface area contributed by atoms with Crippen LogP contribution in [0.5, 0.6) is 0 Å². The van der Waals surface area contributed by atoms with E-state index in [-0.39, 0.29) is 12.0 Å². The van der Waals surface area contributed by atoms with Crippen molar-refractivity contribution in [3.63, 3.8) is 0 Å². The van der Waals surface area contributed by atoms with Crippen LogP contribution >= 0.6 is 0 Å². The van der Waals surface area contributed by atoms with Crippen LogP contribution in [-0.4, -0.2) is 30.8 Å². The van der Waals surface area contributed by atoms with Crippen molar-refractivity contribution in [3.8, 4) is 0 Å². The number of hydrogen-bond acceptors (Lipinski definition) is 4. The van der Waals surface area contributed by atoms with Crippen LogP contribution in [0.2, 0.25) is 0 Å². The number of rotatable bonds is 5. The van der Waals surface area contributed by atoms with Crippen molar-refractivity contribution >= 4 is 12.1 Å². The van der Waals surface area contributed by atoms with Crippen LogP contribution in [0, 0.1) is 0 Å². The second kappa shape index (κ2) is 13.1. The van der Waals surface area contributed by atoms with E-state index in [1.807, 2.05) is 27.7 Å². The van der Waals surface area contributed by atoms with Crippen LogP contribution < -0.4 is 5.32 Å². The average Bonchev–Trinajstić information content (AvgIpc) is 2.62. The molecule has 0 spiro atoms. The number of methoxy groups -OCH3 is 1. The van der Waals surface area contributed by atoms with E-state index >= 15 is 0 Å². The van der Waals surface area contributed by atoms with Gasteiger partial charge in [-0.1, -0.05) is 52.0 Å². The number of ether oxygens (including phenoxy) is 2. The molecule has 1 N–H and O–H groups in total. The highest BCUT2D eigenvalue weighted by molar-refractivity contribution is 5.81. The number of alkyl halides is 2. The Kier molecular flexibility index (Phi) is 13.1. The van der Waals surface area contributed by atoms with Crippen molar-refractivity contribution in [2.75, 3.05) is 7.11 Å². The summed E-state index contributed by atoms with van der Waals surface area (Å²) in [6.45, 7) is 13.9. The number of esters is 1. The third-order valence-electron chi connectivity index (χ3n) is 3.08. The standard InChI is InChI=1S/C17H23F2NO4.2C2H6/c1-16(2,3)24-15(22)20-13(14(21)23-5)10-11-6-8-12(9-7-11)17(4,18)19;2*1-2/h6-9,13H,10H2,1-5H3,(H,20,22);2*1-2H3. The van der Waals surface area contributed by atoms with E-state index < -0.39 is 29.6 Å². The molecule has 1 aromatic carbocycles. The van der Waals surface area contributed by atoms with E-state index in [0.717, 1.165) is 6.92 Å². The highest BCUT2D eigenvalue weighted by Gasteiger charge is 2.27. The van der Waals surface area contributed by atoms with Gasteiger partial charge in [0.2, 0.25) is 0 Å². The fourth-order valence-corrected chi connectivity index (χ4v) is 1.95. The molecule has 0 saturated heterocycles. The van der Waals surface area contributed by atoms with Crippen LogP contribution in [0.3, 0.4) is 0 Å². The Morgan fingerprint density at radius 2 is 1.46 bits per heavy atom. The van der Waals surface area contributed by atoms with Gasteiger partial charge < -0.3 is 14.8 Å². The predicted octanol–water partition coefficient (Wildman–Crippen LogP) is 5.46. The molecule has 1 amide bonds. The maximum absolute atomic E-state index is 13.2. The molecule has 28 heavy (non-hydrogen) atoms. The molecule has 5 nitrogen and oxygen atoms in total. The quantitative estimate of drug-likeness (QED) is 0.663. The Hall–Kier alpha value is -2.18. The molecule has 162 valence electrons.